The second-order valence-corrected chi connectivity index (χ2v) is 5.20. The van der Waals surface area contributed by atoms with Gasteiger partial charge in [0.1, 0.15) is 0 Å². The topological polar surface area (TPSA) is 63.1 Å². The number of phenols is 1. The van der Waals surface area contributed by atoms with Gasteiger partial charge >= 0.3 is 0 Å². The van der Waals surface area contributed by atoms with Crippen molar-refractivity contribution in [1.29, 1.82) is 0 Å². The Kier molecular flexibility index (Phi) is 3.93. The van der Waals surface area contributed by atoms with Crippen LogP contribution in [-0.2, 0) is 6.54 Å². The Morgan fingerprint density at radius 1 is 1.23 bits per heavy atom. The number of nitrogens with zero attached hydrogens (tertiary/aromatic N) is 2. The number of nitrogens with one attached hydrogen (secondary N) is 1. The normalized spacial score (nSPS) is 10.6. The predicted octanol–water partition coefficient (Wildman–Crippen LogP) is 3.37. The number of methoxy groups -OCH3 is 1. The Hall–Kier alpha value is -2.60. The number of hydrogen-bond donors (Lipinski definition) is 2. The maximum atomic E-state index is 9.71. The van der Waals surface area contributed by atoms with E-state index in [2.05, 4.69) is 10.2 Å². The van der Waals surface area contributed by atoms with Crippen molar-refractivity contribution in [2.75, 3.05) is 7.11 Å². The zero-order chi connectivity index (χ0) is 15.5. The Bertz CT molecular complexity index is 840. The summed E-state index contributed by atoms with van der Waals surface area (Å²) >= 11 is 5.32. The number of ether oxygens (including phenoxy) is 1. The molecule has 0 aliphatic rings. The minimum absolute atomic E-state index is 0.0926. The van der Waals surface area contributed by atoms with Gasteiger partial charge in [-0.1, -0.05) is 30.3 Å². The summed E-state index contributed by atoms with van der Waals surface area (Å²) in [6, 6.07) is 15.1. The molecule has 0 fully saturated rings. The maximum absolute atomic E-state index is 9.71. The number of aromatic nitrogens is 3. The SMILES string of the molecule is COc1cc(-c2n[nH]c(=S)n2Cc2ccccc2)ccc1O. The molecule has 2 aromatic carbocycles. The minimum atomic E-state index is 0.0926. The highest BCUT2D eigenvalue weighted by Gasteiger charge is 2.12. The first kappa shape index (κ1) is 14.3. The van der Waals surface area contributed by atoms with Gasteiger partial charge in [0.05, 0.1) is 13.7 Å². The number of H-pyrrole nitrogens is 1. The number of phenolic OH excluding ortho intramolecular Hbond substituents is 1. The van der Waals surface area contributed by atoms with E-state index in [0.717, 1.165) is 11.1 Å². The predicted molar refractivity (Wildman–Crippen MR) is 86.6 cm³/mol. The third-order valence-corrected chi connectivity index (χ3v) is 3.69. The van der Waals surface area contributed by atoms with Crippen molar-refractivity contribution in [2.45, 2.75) is 6.54 Å². The molecule has 112 valence electrons. The molecule has 0 unspecified atom stereocenters. The first-order valence-electron chi connectivity index (χ1n) is 6.75. The molecule has 0 atom stereocenters. The Balaban J connectivity index is 2.04. The molecule has 1 heterocycles. The lowest BCUT2D eigenvalue weighted by molar-refractivity contribution is 0.373. The summed E-state index contributed by atoms with van der Waals surface area (Å²) in [5.41, 5.74) is 1.95. The molecular weight excluding hydrogens is 298 g/mol. The summed E-state index contributed by atoms with van der Waals surface area (Å²) in [6.45, 7) is 0.620. The summed E-state index contributed by atoms with van der Waals surface area (Å²) in [6.07, 6.45) is 0. The standard InChI is InChI=1S/C16H15N3O2S/c1-21-14-9-12(7-8-13(14)20)15-17-18-16(22)19(15)10-11-5-3-2-4-6-11/h2-9,20H,10H2,1H3,(H,18,22). The molecule has 0 radical (unpaired) electrons. The fourth-order valence-corrected chi connectivity index (χ4v) is 2.46. The molecule has 2 N–H and O–H groups in total. The van der Waals surface area contributed by atoms with E-state index >= 15 is 0 Å². The van der Waals surface area contributed by atoms with Crippen LogP contribution in [0.1, 0.15) is 5.56 Å². The van der Waals surface area contributed by atoms with E-state index in [1.165, 1.54) is 7.11 Å². The monoisotopic (exact) mass is 313 g/mol. The first-order chi connectivity index (χ1) is 10.7. The number of hydrogen-bond acceptors (Lipinski definition) is 4. The molecule has 0 saturated heterocycles. The van der Waals surface area contributed by atoms with Gasteiger partial charge in [-0.25, -0.2) is 0 Å². The van der Waals surface area contributed by atoms with Gasteiger partial charge in [-0.2, -0.15) is 5.10 Å². The van der Waals surface area contributed by atoms with Crippen LogP contribution in [-0.4, -0.2) is 27.0 Å². The smallest absolute Gasteiger partial charge is 0.195 e. The van der Waals surface area contributed by atoms with E-state index in [9.17, 15) is 5.11 Å². The lowest BCUT2D eigenvalue weighted by Crippen LogP contribution is -2.02. The molecule has 0 amide bonds. The van der Waals surface area contributed by atoms with E-state index in [1.807, 2.05) is 34.9 Å². The summed E-state index contributed by atoms with van der Waals surface area (Å²) in [5.74, 6) is 1.19. The Labute approximate surface area is 132 Å². The Morgan fingerprint density at radius 2 is 2.00 bits per heavy atom. The zero-order valence-corrected chi connectivity index (χ0v) is 12.8. The van der Waals surface area contributed by atoms with Crippen LogP contribution in [0.3, 0.4) is 0 Å². The van der Waals surface area contributed by atoms with Crippen LogP contribution in [0.5, 0.6) is 11.5 Å². The summed E-state index contributed by atoms with van der Waals surface area (Å²) in [7, 11) is 1.51. The van der Waals surface area contributed by atoms with Crippen molar-refractivity contribution in [1.82, 2.24) is 14.8 Å². The van der Waals surface area contributed by atoms with Gasteiger partial charge < -0.3 is 9.84 Å². The highest BCUT2D eigenvalue weighted by molar-refractivity contribution is 7.71. The van der Waals surface area contributed by atoms with Gasteiger partial charge in [0.2, 0.25) is 0 Å². The van der Waals surface area contributed by atoms with Crippen LogP contribution in [0.15, 0.2) is 48.5 Å². The van der Waals surface area contributed by atoms with Crippen molar-refractivity contribution >= 4 is 12.2 Å². The molecule has 22 heavy (non-hydrogen) atoms. The van der Waals surface area contributed by atoms with Crippen molar-refractivity contribution < 1.29 is 9.84 Å². The van der Waals surface area contributed by atoms with Crippen LogP contribution in [0.2, 0.25) is 0 Å². The quantitative estimate of drug-likeness (QED) is 0.725. The van der Waals surface area contributed by atoms with Crippen molar-refractivity contribution in [3.05, 3.63) is 58.9 Å². The number of rotatable bonds is 4. The van der Waals surface area contributed by atoms with Crippen molar-refractivity contribution in [3.63, 3.8) is 0 Å². The molecule has 0 spiro atoms. The van der Waals surface area contributed by atoms with E-state index in [0.29, 0.717) is 22.9 Å². The third-order valence-electron chi connectivity index (χ3n) is 3.38. The third kappa shape index (κ3) is 2.73. The number of aromatic hydroxyl groups is 1. The molecule has 0 saturated carbocycles. The second kappa shape index (κ2) is 6.03. The van der Waals surface area contributed by atoms with Crippen LogP contribution in [0.25, 0.3) is 11.4 Å². The van der Waals surface area contributed by atoms with Crippen LogP contribution in [0.4, 0.5) is 0 Å². The molecule has 0 aliphatic heterocycles. The van der Waals surface area contributed by atoms with Gasteiger partial charge in [0.15, 0.2) is 22.1 Å². The van der Waals surface area contributed by atoms with Crippen molar-refractivity contribution in [3.8, 4) is 22.9 Å². The number of benzene rings is 2. The summed E-state index contributed by atoms with van der Waals surface area (Å²) in [4.78, 5) is 0. The van der Waals surface area contributed by atoms with Crippen LogP contribution in [0, 0.1) is 4.77 Å². The maximum Gasteiger partial charge on any atom is 0.195 e. The summed E-state index contributed by atoms with van der Waals surface area (Å²) < 4.78 is 7.61. The van der Waals surface area contributed by atoms with Crippen molar-refractivity contribution in [2.24, 2.45) is 0 Å². The minimum Gasteiger partial charge on any atom is -0.504 e. The molecule has 0 aliphatic carbocycles. The molecule has 3 aromatic rings. The van der Waals surface area contributed by atoms with Gasteiger partial charge in [0.25, 0.3) is 0 Å². The van der Waals surface area contributed by atoms with Gasteiger partial charge in [-0.05, 0) is 36.0 Å². The van der Waals surface area contributed by atoms with Gasteiger partial charge in [-0.3, -0.25) is 9.67 Å². The lowest BCUT2D eigenvalue weighted by Gasteiger charge is -2.09. The molecule has 1 aromatic heterocycles. The molecule has 3 rings (SSSR count). The average molecular weight is 313 g/mol. The largest absolute Gasteiger partial charge is 0.504 e. The molecule has 0 bridgehead atoms. The zero-order valence-electron chi connectivity index (χ0n) is 12.0. The van der Waals surface area contributed by atoms with Crippen LogP contribution < -0.4 is 4.74 Å². The Morgan fingerprint density at radius 3 is 2.73 bits per heavy atom. The number of aromatic amines is 1. The molecular formula is C16H15N3O2S. The van der Waals surface area contributed by atoms with E-state index in [-0.39, 0.29) is 5.75 Å². The lowest BCUT2D eigenvalue weighted by atomic mass is 10.1. The fourth-order valence-electron chi connectivity index (χ4n) is 2.27. The van der Waals surface area contributed by atoms with E-state index in [1.54, 1.807) is 18.2 Å². The highest BCUT2D eigenvalue weighted by Crippen LogP contribution is 2.30. The van der Waals surface area contributed by atoms with E-state index in [4.69, 9.17) is 17.0 Å². The molecule has 6 heteroatoms. The van der Waals surface area contributed by atoms with Gasteiger partial charge in [0, 0.05) is 5.56 Å². The molecule has 5 nitrogen and oxygen atoms in total. The second-order valence-electron chi connectivity index (χ2n) is 4.81. The average Bonchev–Trinajstić information content (AvgIpc) is 2.90. The van der Waals surface area contributed by atoms with Crippen LogP contribution >= 0.6 is 12.2 Å². The fraction of sp³-hybridized carbons (Fsp3) is 0.125. The van der Waals surface area contributed by atoms with Gasteiger partial charge in [-0.15, -0.1) is 0 Å². The summed E-state index contributed by atoms with van der Waals surface area (Å²) in [5, 5.41) is 16.8. The highest BCUT2D eigenvalue weighted by atomic mass is 32.1. The first-order valence-corrected chi connectivity index (χ1v) is 7.16. The van der Waals surface area contributed by atoms with E-state index < -0.39 is 0 Å².